The second-order valence-electron chi connectivity index (χ2n) is 8.35. The molecule has 1 fully saturated rings. The first kappa shape index (κ1) is 22.1. The van der Waals surface area contributed by atoms with Crippen LogP contribution in [0.3, 0.4) is 0 Å². The van der Waals surface area contributed by atoms with Crippen molar-refractivity contribution in [1.82, 2.24) is 19.5 Å². The molecule has 1 aliphatic carbocycles. The highest BCUT2D eigenvalue weighted by molar-refractivity contribution is 5.84. The van der Waals surface area contributed by atoms with Crippen molar-refractivity contribution in [3.8, 4) is 23.0 Å². The molecule has 4 aromatic rings. The average molecular weight is 471 g/mol. The zero-order valence-corrected chi connectivity index (χ0v) is 18.0. The Bertz CT molecular complexity index is 1350. The van der Waals surface area contributed by atoms with Gasteiger partial charge >= 0.3 is 6.18 Å². The maximum atomic E-state index is 13.8. The fourth-order valence-corrected chi connectivity index (χ4v) is 4.39. The lowest BCUT2D eigenvalue weighted by molar-refractivity contribution is -0.137. The van der Waals surface area contributed by atoms with Crippen LogP contribution in [0.15, 0.2) is 48.7 Å². The average Bonchev–Trinajstić information content (AvgIpc) is 3.18. The van der Waals surface area contributed by atoms with Gasteiger partial charge in [-0.3, -0.25) is 4.57 Å². The zero-order chi connectivity index (χ0) is 23.9. The van der Waals surface area contributed by atoms with Gasteiger partial charge in [0.1, 0.15) is 23.2 Å². The highest BCUT2D eigenvalue weighted by Gasteiger charge is 2.36. The standard InChI is InChI=1S/C24H21F4N5O/c25-14-6-8-17(18(12-14)24(26,27)28)22-31-19-9-7-16(34)13-20(19)33(22)21-10-11-29-23(32-21)30-15-4-2-1-3-5-15/h6-13,15,34H,1-5H2,(H,29,30,32). The smallest absolute Gasteiger partial charge is 0.417 e. The molecule has 10 heteroatoms. The Hall–Kier alpha value is -3.69. The second-order valence-corrected chi connectivity index (χ2v) is 8.35. The summed E-state index contributed by atoms with van der Waals surface area (Å²) in [5.41, 5.74) is -0.742. The van der Waals surface area contributed by atoms with Crippen molar-refractivity contribution in [3.63, 3.8) is 0 Å². The lowest BCUT2D eigenvalue weighted by atomic mass is 9.96. The monoisotopic (exact) mass is 471 g/mol. The van der Waals surface area contributed by atoms with Crippen molar-refractivity contribution in [2.75, 3.05) is 5.32 Å². The van der Waals surface area contributed by atoms with Gasteiger partial charge in [0.25, 0.3) is 0 Å². The van der Waals surface area contributed by atoms with Gasteiger partial charge in [0.15, 0.2) is 0 Å². The Morgan fingerprint density at radius 3 is 2.53 bits per heavy atom. The molecule has 5 rings (SSSR count). The molecule has 0 saturated heterocycles. The van der Waals surface area contributed by atoms with Crippen molar-refractivity contribution >= 4 is 17.0 Å². The molecule has 0 unspecified atom stereocenters. The summed E-state index contributed by atoms with van der Waals surface area (Å²) >= 11 is 0. The van der Waals surface area contributed by atoms with E-state index >= 15 is 0 Å². The number of alkyl halides is 3. The third-order valence-corrected chi connectivity index (χ3v) is 5.97. The summed E-state index contributed by atoms with van der Waals surface area (Å²) in [6, 6.07) is 8.54. The number of hydrogen-bond donors (Lipinski definition) is 2. The second kappa shape index (κ2) is 8.58. The fraction of sp³-hybridized carbons (Fsp3) is 0.292. The number of nitrogens with one attached hydrogen (secondary N) is 1. The quantitative estimate of drug-likeness (QED) is 0.352. The summed E-state index contributed by atoms with van der Waals surface area (Å²) in [6.45, 7) is 0. The molecule has 2 aromatic heterocycles. The summed E-state index contributed by atoms with van der Waals surface area (Å²) in [7, 11) is 0. The molecule has 0 spiro atoms. The van der Waals surface area contributed by atoms with Crippen molar-refractivity contribution in [2.24, 2.45) is 0 Å². The largest absolute Gasteiger partial charge is 0.508 e. The molecule has 1 aliphatic rings. The van der Waals surface area contributed by atoms with Crippen LogP contribution in [0.4, 0.5) is 23.5 Å². The number of aromatic hydroxyl groups is 1. The molecule has 1 saturated carbocycles. The maximum Gasteiger partial charge on any atom is 0.417 e. The third-order valence-electron chi connectivity index (χ3n) is 5.97. The predicted octanol–water partition coefficient (Wildman–Crippen LogP) is 6.09. The van der Waals surface area contributed by atoms with Crippen LogP contribution in [-0.4, -0.2) is 30.7 Å². The lowest BCUT2D eigenvalue weighted by Gasteiger charge is -2.23. The molecule has 34 heavy (non-hydrogen) atoms. The SMILES string of the molecule is Oc1ccc2nc(-c3ccc(F)cc3C(F)(F)F)n(-c3ccnc(NC4CCCCC4)n3)c2c1. The topological polar surface area (TPSA) is 75.9 Å². The minimum Gasteiger partial charge on any atom is -0.508 e. The van der Waals surface area contributed by atoms with Gasteiger partial charge in [-0.2, -0.15) is 18.2 Å². The van der Waals surface area contributed by atoms with E-state index in [1.807, 2.05) is 0 Å². The van der Waals surface area contributed by atoms with Crippen LogP contribution in [0.2, 0.25) is 0 Å². The maximum absolute atomic E-state index is 13.8. The van der Waals surface area contributed by atoms with Crippen molar-refractivity contribution < 1.29 is 22.7 Å². The molecule has 0 aliphatic heterocycles. The number of hydrogen-bond acceptors (Lipinski definition) is 5. The summed E-state index contributed by atoms with van der Waals surface area (Å²) in [6.07, 6.45) is 2.10. The minimum atomic E-state index is -4.80. The Morgan fingerprint density at radius 1 is 0.971 bits per heavy atom. The minimum absolute atomic E-state index is 0.0739. The Balaban J connectivity index is 1.69. The van der Waals surface area contributed by atoms with E-state index in [0.29, 0.717) is 23.0 Å². The van der Waals surface area contributed by atoms with E-state index < -0.39 is 17.6 Å². The van der Waals surface area contributed by atoms with Crippen LogP contribution >= 0.6 is 0 Å². The van der Waals surface area contributed by atoms with E-state index in [0.717, 1.165) is 37.8 Å². The highest BCUT2D eigenvalue weighted by Crippen LogP contribution is 2.39. The molecule has 0 radical (unpaired) electrons. The summed E-state index contributed by atoms with van der Waals surface area (Å²) in [4.78, 5) is 13.2. The van der Waals surface area contributed by atoms with Crippen molar-refractivity contribution in [3.05, 3.63) is 60.0 Å². The number of imidazole rings is 1. The number of nitrogens with zero attached hydrogens (tertiary/aromatic N) is 4. The van der Waals surface area contributed by atoms with E-state index in [1.165, 1.54) is 35.4 Å². The van der Waals surface area contributed by atoms with Gasteiger partial charge in [-0.1, -0.05) is 19.3 Å². The molecule has 2 aromatic carbocycles. The molecule has 2 N–H and O–H groups in total. The summed E-state index contributed by atoms with van der Waals surface area (Å²) in [5.74, 6) is -0.529. The molecule has 6 nitrogen and oxygen atoms in total. The predicted molar refractivity (Wildman–Crippen MR) is 119 cm³/mol. The van der Waals surface area contributed by atoms with Gasteiger partial charge in [0.05, 0.1) is 16.6 Å². The first-order valence-corrected chi connectivity index (χ1v) is 11.0. The van der Waals surface area contributed by atoms with Gasteiger partial charge in [-0.15, -0.1) is 0 Å². The van der Waals surface area contributed by atoms with E-state index in [1.54, 1.807) is 6.07 Å². The highest BCUT2D eigenvalue weighted by atomic mass is 19.4. The zero-order valence-electron chi connectivity index (χ0n) is 18.0. The lowest BCUT2D eigenvalue weighted by Crippen LogP contribution is -2.23. The van der Waals surface area contributed by atoms with E-state index in [2.05, 4.69) is 20.3 Å². The number of phenolic OH excluding ortho intramolecular Hbond substituents is 1. The normalized spacial score (nSPS) is 15.1. The van der Waals surface area contributed by atoms with Crippen molar-refractivity contribution in [2.45, 2.75) is 44.3 Å². The first-order valence-electron chi connectivity index (χ1n) is 11.0. The van der Waals surface area contributed by atoms with Crippen LogP contribution in [-0.2, 0) is 6.18 Å². The molecule has 0 bridgehead atoms. The molecular weight excluding hydrogens is 450 g/mol. The van der Waals surface area contributed by atoms with Crippen molar-refractivity contribution in [1.29, 1.82) is 0 Å². The van der Waals surface area contributed by atoms with E-state index in [9.17, 15) is 22.7 Å². The summed E-state index contributed by atoms with van der Waals surface area (Å²) < 4.78 is 56.6. The number of anilines is 1. The molecule has 0 amide bonds. The Kier molecular flexibility index (Phi) is 5.59. The van der Waals surface area contributed by atoms with Crippen LogP contribution in [0.25, 0.3) is 28.2 Å². The molecule has 0 atom stereocenters. The molecule has 2 heterocycles. The van der Waals surface area contributed by atoms with Gasteiger partial charge in [0.2, 0.25) is 5.95 Å². The van der Waals surface area contributed by atoms with Gasteiger partial charge in [-0.25, -0.2) is 14.4 Å². The van der Waals surface area contributed by atoms with E-state index in [-0.39, 0.29) is 29.0 Å². The van der Waals surface area contributed by atoms with Crippen LogP contribution in [0, 0.1) is 5.82 Å². The number of phenols is 1. The number of aromatic nitrogens is 4. The van der Waals surface area contributed by atoms with Gasteiger partial charge in [-0.05, 0) is 49.2 Å². The fourth-order valence-electron chi connectivity index (χ4n) is 4.39. The van der Waals surface area contributed by atoms with Crippen LogP contribution in [0.5, 0.6) is 5.75 Å². The summed E-state index contributed by atoms with van der Waals surface area (Å²) in [5, 5.41) is 13.4. The number of benzene rings is 2. The van der Waals surface area contributed by atoms with Crippen LogP contribution in [0.1, 0.15) is 37.7 Å². The third kappa shape index (κ3) is 4.27. The number of halogens is 4. The molecule has 176 valence electrons. The number of rotatable bonds is 4. The first-order chi connectivity index (χ1) is 16.3. The van der Waals surface area contributed by atoms with E-state index in [4.69, 9.17) is 0 Å². The van der Waals surface area contributed by atoms with Gasteiger partial charge < -0.3 is 10.4 Å². The van der Waals surface area contributed by atoms with Crippen LogP contribution < -0.4 is 5.32 Å². The number of fused-ring (bicyclic) bond motifs is 1. The Labute approximate surface area is 192 Å². The Morgan fingerprint density at radius 2 is 1.76 bits per heavy atom. The van der Waals surface area contributed by atoms with Gasteiger partial charge in [0, 0.05) is 23.9 Å². The molecular formula is C24H21F4N5O.